The van der Waals surface area contributed by atoms with Crippen LogP contribution in [0.3, 0.4) is 0 Å². The number of rotatable bonds is 11. The lowest BCUT2D eigenvalue weighted by atomic mass is 10.1. The Bertz CT molecular complexity index is 663. The Morgan fingerprint density at radius 2 is 1.90 bits per heavy atom. The predicted octanol–water partition coefficient (Wildman–Crippen LogP) is 3.77. The minimum atomic E-state index is 0.280. The fraction of sp³-hybridized carbons (Fsp3) is 0.720. The van der Waals surface area contributed by atoms with Crippen LogP contribution in [-0.4, -0.2) is 86.9 Å². The fourth-order valence-corrected chi connectivity index (χ4v) is 4.18. The summed E-state index contributed by atoms with van der Waals surface area (Å²) in [5.74, 6) is 2.33. The van der Waals surface area contributed by atoms with Crippen LogP contribution in [0, 0.1) is 5.92 Å². The average Bonchev–Trinajstić information content (AvgIpc) is 3.29. The van der Waals surface area contributed by atoms with Crippen molar-refractivity contribution in [1.82, 2.24) is 9.80 Å². The number of nitrogens with zero attached hydrogens (tertiary/aromatic N) is 3. The average molecular weight is 435 g/mol. The Morgan fingerprint density at radius 3 is 2.58 bits per heavy atom. The first-order valence-corrected chi connectivity index (χ1v) is 11.9. The summed E-state index contributed by atoms with van der Waals surface area (Å²) in [7, 11) is 6.62. The molecule has 2 rings (SSSR count). The lowest BCUT2D eigenvalue weighted by Gasteiger charge is -2.29. The van der Waals surface area contributed by atoms with Crippen molar-refractivity contribution in [2.24, 2.45) is 5.92 Å². The van der Waals surface area contributed by atoms with Gasteiger partial charge in [-0.1, -0.05) is 25.5 Å². The van der Waals surface area contributed by atoms with Crippen molar-refractivity contribution in [3.05, 3.63) is 35.8 Å². The largest absolute Gasteiger partial charge is 0.454 e. The molecule has 2 heterocycles. The molecule has 0 aliphatic carbocycles. The van der Waals surface area contributed by atoms with Gasteiger partial charge in [-0.25, -0.2) is 0 Å². The second kappa shape index (κ2) is 12.3. The minimum absolute atomic E-state index is 0.280. The Kier molecular flexibility index (Phi) is 10.1. The first-order chi connectivity index (χ1) is 14.7. The van der Waals surface area contributed by atoms with Crippen LogP contribution in [0.1, 0.15) is 46.5 Å². The Hall–Kier alpha value is -1.79. The lowest BCUT2D eigenvalue weighted by molar-refractivity contribution is -0.870. The molecule has 2 aliphatic heterocycles. The molecule has 6 heteroatoms. The van der Waals surface area contributed by atoms with Gasteiger partial charge in [0.1, 0.15) is 0 Å². The molecule has 2 saturated heterocycles. The summed E-state index contributed by atoms with van der Waals surface area (Å²) in [6.07, 6.45) is 12.5. The van der Waals surface area contributed by atoms with Gasteiger partial charge in [0.2, 0.25) is 12.7 Å². The van der Waals surface area contributed by atoms with Crippen LogP contribution >= 0.6 is 0 Å². The normalized spacial score (nSPS) is 24.8. The van der Waals surface area contributed by atoms with Gasteiger partial charge in [0, 0.05) is 32.1 Å². The minimum Gasteiger partial charge on any atom is -0.454 e. The SMILES string of the molecule is C/C=C1/OCO/C1=C/C=C/[C@@H]1C[C@H](C)N(CC(=O)N(CCCC)CCC[N+](C)(C)C)C1. The number of carbonyl (C=O) groups is 1. The van der Waals surface area contributed by atoms with Gasteiger partial charge in [-0.2, -0.15) is 0 Å². The van der Waals surface area contributed by atoms with Crippen LogP contribution in [0.5, 0.6) is 0 Å². The summed E-state index contributed by atoms with van der Waals surface area (Å²) in [5.41, 5.74) is 0. The second-order valence-corrected chi connectivity index (χ2v) is 9.85. The van der Waals surface area contributed by atoms with Crippen molar-refractivity contribution in [2.75, 3.05) is 60.7 Å². The maximum atomic E-state index is 13.1. The van der Waals surface area contributed by atoms with Crippen LogP contribution in [0.25, 0.3) is 0 Å². The number of carbonyl (C=O) groups excluding carboxylic acids is 1. The number of hydrogen-bond donors (Lipinski definition) is 0. The molecule has 0 aromatic rings. The maximum Gasteiger partial charge on any atom is 0.236 e. The zero-order valence-corrected chi connectivity index (χ0v) is 20.6. The van der Waals surface area contributed by atoms with Gasteiger partial charge in [-0.15, -0.1) is 0 Å². The van der Waals surface area contributed by atoms with Crippen molar-refractivity contribution in [1.29, 1.82) is 0 Å². The third kappa shape index (κ3) is 8.69. The molecule has 31 heavy (non-hydrogen) atoms. The molecule has 0 saturated carbocycles. The van der Waals surface area contributed by atoms with E-state index in [2.05, 4.69) is 56.9 Å². The number of amides is 1. The van der Waals surface area contributed by atoms with Crippen LogP contribution < -0.4 is 0 Å². The Labute approximate surface area is 189 Å². The van der Waals surface area contributed by atoms with Gasteiger partial charge in [0.05, 0.1) is 34.2 Å². The van der Waals surface area contributed by atoms with Crippen LogP contribution in [-0.2, 0) is 14.3 Å². The van der Waals surface area contributed by atoms with Gasteiger partial charge in [-0.3, -0.25) is 9.69 Å². The second-order valence-electron chi connectivity index (χ2n) is 9.85. The molecule has 0 aromatic heterocycles. The number of allylic oxidation sites excluding steroid dienone is 3. The van der Waals surface area contributed by atoms with Crippen molar-refractivity contribution in [2.45, 2.75) is 52.5 Å². The third-order valence-electron chi connectivity index (χ3n) is 6.03. The quantitative estimate of drug-likeness (QED) is 0.464. The zero-order valence-electron chi connectivity index (χ0n) is 20.6. The van der Waals surface area contributed by atoms with E-state index in [4.69, 9.17) is 9.47 Å². The topological polar surface area (TPSA) is 42.0 Å². The van der Waals surface area contributed by atoms with Gasteiger partial charge >= 0.3 is 0 Å². The molecule has 6 nitrogen and oxygen atoms in total. The molecule has 1 amide bonds. The van der Waals surface area contributed by atoms with Crippen LogP contribution in [0.4, 0.5) is 0 Å². The summed E-state index contributed by atoms with van der Waals surface area (Å²) in [4.78, 5) is 17.5. The maximum absolute atomic E-state index is 13.1. The molecule has 0 radical (unpaired) electrons. The van der Waals surface area contributed by atoms with Crippen LogP contribution in [0.2, 0.25) is 0 Å². The van der Waals surface area contributed by atoms with Gasteiger partial charge < -0.3 is 18.9 Å². The van der Waals surface area contributed by atoms with Crippen molar-refractivity contribution in [3.63, 3.8) is 0 Å². The smallest absolute Gasteiger partial charge is 0.236 e. The molecular weight excluding hydrogens is 390 g/mol. The Morgan fingerprint density at radius 1 is 1.19 bits per heavy atom. The van der Waals surface area contributed by atoms with E-state index in [1.165, 1.54) is 0 Å². The fourth-order valence-electron chi connectivity index (χ4n) is 4.18. The van der Waals surface area contributed by atoms with Gasteiger partial charge in [0.25, 0.3) is 0 Å². The lowest BCUT2D eigenvalue weighted by Crippen LogP contribution is -2.44. The molecule has 176 valence electrons. The van der Waals surface area contributed by atoms with E-state index < -0.39 is 0 Å². The zero-order chi connectivity index (χ0) is 22.9. The first kappa shape index (κ1) is 25.5. The number of unbranched alkanes of at least 4 members (excludes halogenated alkanes) is 1. The molecule has 0 spiro atoms. The van der Waals surface area contributed by atoms with Crippen molar-refractivity contribution >= 4 is 5.91 Å². The molecular formula is C25H44N3O3+. The van der Waals surface area contributed by atoms with E-state index in [1.807, 2.05) is 19.1 Å². The highest BCUT2D eigenvalue weighted by Gasteiger charge is 2.30. The summed E-state index contributed by atoms with van der Waals surface area (Å²) >= 11 is 0. The van der Waals surface area contributed by atoms with E-state index in [-0.39, 0.29) is 5.91 Å². The van der Waals surface area contributed by atoms with Crippen molar-refractivity contribution in [3.8, 4) is 0 Å². The molecule has 0 bridgehead atoms. The molecule has 0 aromatic carbocycles. The first-order valence-electron chi connectivity index (χ1n) is 11.9. The number of ether oxygens (including phenoxy) is 2. The number of quaternary nitrogens is 1. The summed E-state index contributed by atoms with van der Waals surface area (Å²) in [5, 5.41) is 0. The molecule has 0 N–H and O–H groups in total. The highest BCUT2D eigenvalue weighted by Crippen LogP contribution is 2.25. The van der Waals surface area contributed by atoms with E-state index in [0.717, 1.165) is 67.9 Å². The molecule has 0 unspecified atom stereocenters. The highest BCUT2D eigenvalue weighted by atomic mass is 16.7. The van der Waals surface area contributed by atoms with Crippen LogP contribution in [0.15, 0.2) is 35.8 Å². The van der Waals surface area contributed by atoms with Gasteiger partial charge in [0.15, 0.2) is 11.5 Å². The highest BCUT2D eigenvalue weighted by molar-refractivity contribution is 5.78. The predicted molar refractivity (Wildman–Crippen MR) is 126 cm³/mol. The monoisotopic (exact) mass is 434 g/mol. The molecule has 2 atom stereocenters. The molecule has 2 fully saturated rings. The standard InChI is InChI=1S/C25H44N3O3/c1-7-9-14-26(15-11-16-28(4,5)6)25(29)19-27-18-22(17-21(27)3)12-10-13-24-23(8-2)30-20-31-24/h8,10,12-13,21-22H,7,9,11,14-20H2,1-6H3/q+1/b12-10+,23-8+,24-13+/t21-,22+/m0/s1. The van der Waals surface area contributed by atoms with E-state index >= 15 is 0 Å². The van der Waals surface area contributed by atoms with Crippen molar-refractivity contribution < 1.29 is 18.8 Å². The third-order valence-corrected chi connectivity index (χ3v) is 6.03. The van der Waals surface area contributed by atoms with E-state index in [9.17, 15) is 4.79 Å². The van der Waals surface area contributed by atoms with E-state index in [1.54, 1.807) is 0 Å². The van der Waals surface area contributed by atoms with Gasteiger partial charge in [-0.05, 0) is 44.8 Å². The Balaban J connectivity index is 1.87. The summed E-state index contributed by atoms with van der Waals surface area (Å²) in [6.45, 7) is 10.9. The summed E-state index contributed by atoms with van der Waals surface area (Å²) in [6, 6.07) is 0.419. The van der Waals surface area contributed by atoms with E-state index in [0.29, 0.717) is 25.3 Å². The number of hydrogen-bond acceptors (Lipinski definition) is 4. The molecule has 2 aliphatic rings. The number of likely N-dealkylation sites (tertiary alicyclic amines) is 1. The summed E-state index contributed by atoms with van der Waals surface area (Å²) < 4.78 is 11.8.